The van der Waals surface area contributed by atoms with Crippen LogP contribution in [0.25, 0.3) is 0 Å². The predicted molar refractivity (Wildman–Crippen MR) is 63.9 cm³/mol. The van der Waals surface area contributed by atoms with Crippen molar-refractivity contribution in [3.8, 4) is 0 Å². The summed E-state index contributed by atoms with van der Waals surface area (Å²) in [7, 11) is 0. The predicted octanol–water partition coefficient (Wildman–Crippen LogP) is 3.94. The molecule has 2 atom stereocenters. The third kappa shape index (κ3) is 2.63. The highest BCUT2D eigenvalue weighted by atomic mass is 16.5. The quantitative estimate of drug-likeness (QED) is 0.548. The second-order valence-electron chi connectivity index (χ2n) is 6.36. The van der Waals surface area contributed by atoms with Crippen molar-refractivity contribution in [2.45, 2.75) is 58.5 Å². The molecule has 86 valence electrons. The van der Waals surface area contributed by atoms with Gasteiger partial charge in [-0.25, -0.2) is 0 Å². The maximum atomic E-state index is 6.15. The van der Waals surface area contributed by atoms with Gasteiger partial charge in [-0.3, -0.25) is 0 Å². The smallest absolute Gasteiger partial charge is 0.0697 e. The molecule has 1 fully saturated rings. The summed E-state index contributed by atoms with van der Waals surface area (Å²) in [5.41, 5.74) is 0.646. The minimum atomic E-state index is 0.185. The summed E-state index contributed by atoms with van der Waals surface area (Å²) in [5, 5.41) is 0. The second kappa shape index (κ2) is 3.93. The highest BCUT2D eigenvalue weighted by molar-refractivity contribution is 4.99. The van der Waals surface area contributed by atoms with Crippen molar-refractivity contribution in [1.82, 2.24) is 0 Å². The van der Waals surface area contributed by atoms with Crippen molar-refractivity contribution >= 4 is 0 Å². The Morgan fingerprint density at radius 2 is 2.00 bits per heavy atom. The van der Waals surface area contributed by atoms with E-state index in [0.717, 1.165) is 12.5 Å². The van der Waals surface area contributed by atoms with Crippen LogP contribution in [0.5, 0.6) is 0 Å². The van der Waals surface area contributed by atoms with Crippen molar-refractivity contribution in [1.29, 1.82) is 0 Å². The Balaban J connectivity index is 2.12. The van der Waals surface area contributed by atoms with Gasteiger partial charge >= 0.3 is 0 Å². The molecule has 0 aromatic heterocycles. The molecule has 1 saturated carbocycles. The number of ether oxygens (including phenoxy) is 1. The lowest BCUT2D eigenvalue weighted by Gasteiger charge is -2.47. The summed E-state index contributed by atoms with van der Waals surface area (Å²) < 4.78 is 6.15. The van der Waals surface area contributed by atoms with Crippen molar-refractivity contribution in [2.24, 2.45) is 11.3 Å². The molecule has 0 unspecified atom stereocenters. The first kappa shape index (κ1) is 11.2. The van der Waals surface area contributed by atoms with Gasteiger partial charge in [-0.05, 0) is 43.4 Å². The zero-order valence-electron chi connectivity index (χ0n) is 10.4. The van der Waals surface area contributed by atoms with E-state index < -0.39 is 0 Å². The summed E-state index contributed by atoms with van der Waals surface area (Å²) >= 11 is 0. The third-order valence-corrected chi connectivity index (χ3v) is 3.84. The van der Waals surface area contributed by atoms with Crippen LogP contribution in [-0.2, 0) is 4.74 Å². The van der Waals surface area contributed by atoms with Gasteiger partial charge in [0.25, 0.3) is 0 Å². The summed E-state index contributed by atoms with van der Waals surface area (Å²) in [6.07, 6.45) is 10.7. The summed E-state index contributed by atoms with van der Waals surface area (Å²) in [6, 6.07) is 0. The van der Waals surface area contributed by atoms with Gasteiger partial charge in [-0.15, -0.1) is 0 Å². The van der Waals surface area contributed by atoms with E-state index in [1.165, 1.54) is 32.1 Å². The molecule has 2 aliphatic rings. The van der Waals surface area contributed by atoms with Crippen LogP contribution in [-0.4, -0.2) is 12.2 Å². The molecule has 0 aromatic rings. The zero-order chi connectivity index (χ0) is 10.9. The molecule has 0 bridgehead atoms. The fourth-order valence-corrected chi connectivity index (χ4v) is 3.80. The Labute approximate surface area is 93.9 Å². The Morgan fingerprint density at radius 1 is 1.20 bits per heavy atom. The normalized spacial score (nSPS) is 40.3. The Kier molecular flexibility index (Phi) is 2.94. The second-order valence-corrected chi connectivity index (χ2v) is 6.36. The molecule has 1 aliphatic carbocycles. The molecule has 1 spiro atoms. The van der Waals surface area contributed by atoms with Gasteiger partial charge in [-0.1, -0.05) is 32.9 Å². The lowest BCUT2D eigenvalue weighted by atomic mass is 9.64. The SMILES string of the molecule is C[C@@H]1CC(C)(C)C[C@@]2(CCC=CCO2)C1. The standard InChI is InChI=1S/C14H24O/c1-12-9-13(2,3)11-14(10-12)7-5-4-6-8-15-14/h4,6,12H,5,7-11H2,1-3H3/t12-,14-/m1/s1. The van der Waals surface area contributed by atoms with Crippen molar-refractivity contribution in [2.75, 3.05) is 6.61 Å². The topological polar surface area (TPSA) is 9.23 Å². The van der Waals surface area contributed by atoms with Crippen molar-refractivity contribution < 1.29 is 4.74 Å². The number of rotatable bonds is 0. The van der Waals surface area contributed by atoms with E-state index in [4.69, 9.17) is 4.74 Å². The molecule has 0 saturated heterocycles. The lowest BCUT2D eigenvalue weighted by molar-refractivity contribution is -0.104. The van der Waals surface area contributed by atoms with Gasteiger partial charge < -0.3 is 4.74 Å². The molecule has 1 aliphatic heterocycles. The molecule has 15 heavy (non-hydrogen) atoms. The van der Waals surface area contributed by atoms with Crippen LogP contribution in [0, 0.1) is 11.3 Å². The largest absolute Gasteiger partial charge is 0.371 e. The molecule has 2 rings (SSSR count). The fourth-order valence-electron chi connectivity index (χ4n) is 3.80. The Morgan fingerprint density at radius 3 is 2.73 bits per heavy atom. The van der Waals surface area contributed by atoms with Crippen LogP contribution in [0.15, 0.2) is 12.2 Å². The molecular formula is C14H24O. The highest BCUT2D eigenvalue weighted by Crippen LogP contribution is 2.48. The van der Waals surface area contributed by atoms with E-state index in [1.807, 2.05) is 0 Å². The maximum Gasteiger partial charge on any atom is 0.0697 e. The molecule has 1 heteroatoms. The Bertz CT molecular complexity index is 242. The van der Waals surface area contributed by atoms with Gasteiger partial charge in [0, 0.05) is 0 Å². The van der Waals surface area contributed by atoms with Gasteiger partial charge in [0.1, 0.15) is 0 Å². The molecule has 1 heterocycles. The molecule has 1 nitrogen and oxygen atoms in total. The monoisotopic (exact) mass is 208 g/mol. The minimum absolute atomic E-state index is 0.185. The van der Waals surface area contributed by atoms with Crippen LogP contribution >= 0.6 is 0 Å². The van der Waals surface area contributed by atoms with E-state index in [9.17, 15) is 0 Å². The maximum absolute atomic E-state index is 6.15. The summed E-state index contributed by atoms with van der Waals surface area (Å²) in [6.45, 7) is 7.99. The fraction of sp³-hybridized carbons (Fsp3) is 0.857. The van der Waals surface area contributed by atoms with Crippen molar-refractivity contribution in [3.63, 3.8) is 0 Å². The number of hydrogen-bond acceptors (Lipinski definition) is 1. The highest BCUT2D eigenvalue weighted by Gasteiger charge is 2.43. The number of hydrogen-bond donors (Lipinski definition) is 0. The van der Waals surface area contributed by atoms with Gasteiger partial charge in [-0.2, -0.15) is 0 Å². The minimum Gasteiger partial charge on any atom is -0.371 e. The number of allylic oxidation sites excluding steroid dienone is 1. The molecule has 0 aromatic carbocycles. The van der Waals surface area contributed by atoms with Gasteiger partial charge in [0.15, 0.2) is 0 Å². The van der Waals surface area contributed by atoms with E-state index in [0.29, 0.717) is 5.41 Å². The van der Waals surface area contributed by atoms with E-state index in [2.05, 4.69) is 32.9 Å². The average Bonchev–Trinajstić information content (AvgIpc) is 2.26. The Hall–Kier alpha value is -0.300. The summed E-state index contributed by atoms with van der Waals surface area (Å²) in [4.78, 5) is 0. The summed E-state index contributed by atoms with van der Waals surface area (Å²) in [5.74, 6) is 0.812. The first-order chi connectivity index (χ1) is 7.02. The first-order valence-corrected chi connectivity index (χ1v) is 6.30. The average molecular weight is 208 g/mol. The van der Waals surface area contributed by atoms with Crippen LogP contribution in [0.1, 0.15) is 52.9 Å². The van der Waals surface area contributed by atoms with E-state index in [1.54, 1.807) is 0 Å². The molecule has 0 amide bonds. The third-order valence-electron chi connectivity index (χ3n) is 3.84. The van der Waals surface area contributed by atoms with Crippen LogP contribution in [0.4, 0.5) is 0 Å². The molecule has 0 radical (unpaired) electrons. The van der Waals surface area contributed by atoms with E-state index in [-0.39, 0.29) is 5.60 Å². The molecular weight excluding hydrogens is 184 g/mol. The van der Waals surface area contributed by atoms with Crippen LogP contribution in [0.2, 0.25) is 0 Å². The molecule has 0 N–H and O–H groups in total. The lowest BCUT2D eigenvalue weighted by Crippen LogP contribution is -2.44. The zero-order valence-corrected chi connectivity index (χ0v) is 10.4. The van der Waals surface area contributed by atoms with Gasteiger partial charge in [0.2, 0.25) is 0 Å². The van der Waals surface area contributed by atoms with E-state index >= 15 is 0 Å². The van der Waals surface area contributed by atoms with Crippen LogP contribution < -0.4 is 0 Å². The first-order valence-electron chi connectivity index (χ1n) is 6.30. The van der Waals surface area contributed by atoms with Crippen LogP contribution in [0.3, 0.4) is 0 Å². The van der Waals surface area contributed by atoms with Gasteiger partial charge in [0.05, 0.1) is 12.2 Å². The van der Waals surface area contributed by atoms with Crippen molar-refractivity contribution in [3.05, 3.63) is 12.2 Å².